The number of benzene rings is 1. The molecule has 1 amide bonds. The van der Waals surface area contributed by atoms with Crippen LogP contribution in [0.5, 0.6) is 5.75 Å². The van der Waals surface area contributed by atoms with E-state index in [2.05, 4.69) is 16.0 Å². The van der Waals surface area contributed by atoms with Crippen molar-refractivity contribution in [3.63, 3.8) is 0 Å². The van der Waals surface area contributed by atoms with Crippen LogP contribution in [0.4, 0.5) is 5.69 Å². The van der Waals surface area contributed by atoms with Crippen LogP contribution in [0.2, 0.25) is 0 Å². The van der Waals surface area contributed by atoms with E-state index >= 15 is 0 Å². The highest BCUT2D eigenvalue weighted by Gasteiger charge is 2.32. The summed E-state index contributed by atoms with van der Waals surface area (Å²) in [6.45, 7) is 6.60. The van der Waals surface area contributed by atoms with E-state index in [1.54, 1.807) is 0 Å². The van der Waals surface area contributed by atoms with E-state index in [0.29, 0.717) is 17.4 Å². The molecule has 0 bridgehead atoms. The summed E-state index contributed by atoms with van der Waals surface area (Å²) in [5, 5.41) is 3.41. The second-order valence-corrected chi connectivity index (χ2v) is 6.33. The maximum absolute atomic E-state index is 12.8. The number of aryl methyl sites for hydroxylation is 1. The van der Waals surface area contributed by atoms with E-state index in [1.807, 2.05) is 58.2 Å². The maximum Gasteiger partial charge on any atom is 0.281 e. The number of carbonyl (C=O) groups excluding carboxylic acids is 1. The molecule has 6 heteroatoms. The van der Waals surface area contributed by atoms with Crippen LogP contribution in [-0.4, -0.2) is 22.2 Å². The summed E-state index contributed by atoms with van der Waals surface area (Å²) in [5.41, 5.74) is 4.45. The van der Waals surface area contributed by atoms with Crippen molar-refractivity contribution in [2.75, 3.05) is 11.5 Å². The van der Waals surface area contributed by atoms with Gasteiger partial charge < -0.3 is 14.6 Å². The molecule has 1 aliphatic heterocycles. The zero-order chi connectivity index (χ0) is 18.1. The first kappa shape index (κ1) is 17.2. The van der Waals surface area contributed by atoms with E-state index < -0.39 is 0 Å². The van der Waals surface area contributed by atoms with Gasteiger partial charge in [-0.25, -0.2) is 0 Å². The Balaban J connectivity index is 1.89. The molecule has 2 aromatic rings. The topological polar surface area (TPSA) is 46.5 Å². The summed E-state index contributed by atoms with van der Waals surface area (Å²) < 4.78 is 7.53. The van der Waals surface area contributed by atoms with Gasteiger partial charge in [-0.3, -0.25) is 9.69 Å². The molecule has 1 aliphatic rings. The molecule has 2 heterocycles. The Morgan fingerprint density at radius 2 is 1.92 bits per heavy atom. The summed E-state index contributed by atoms with van der Waals surface area (Å²) in [5.74, 6) is 0.609. The van der Waals surface area contributed by atoms with E-state index in [9.17, 15) is 4.79 Å². The maximum atomic E-state index is 12.8. The molecular formula is C19H21N3O2S. The number of amides is 1. The number of ether oxygens (including phenoxy) is 1. The molecule has 1 saturated heterocycles. The zero-order valence-corrected chi connectivity index (χ0v) is 15.6. The van der Waals surface area contributed by atoms with Crippen LogP contribution in [0.15, 0.2) is 36.0 Å². The molecule has 0 radical (unpaired) electrons. The number of anilines is 1. The van der Waals surface area contributed by atoms with Crippen LogP contribution < -0.4 is 15.0 Å². The molecule has 3 rings (SSSR count). The van der Waals surface area contributed by atoms with Crippen LogP contribution in [-0.2, 0) is 11.8 Å². The van der Waals surface area contributed by atoms with Crippen molar-refractivity contribution in [1.29, 1.82) is 0 Å². The molecular weight excluding hydrogens is 334 g/mol. The quantitative estimate of drug-likeness (QED) is 0.675. The minimum Gasteiger partial charge on any atom is -0.494 e. The van der Waals surface area contributed by atoms with Crippen molar-refractivity contribution >= 4 is 35.0 Å². The molecule has 1 fully saturated rings. The van der Waals surface area contributed by atoms with Crippen molar-refractivity contribution in [1.82, 2.24) is 9.88 Å². The minimum atomic E-state index is -0.157. The molecule has 5 nitrogen and oxygen atoms in total. The van der Waals surface area contributed by atoms with Gasteiger partial charge in [0.15, 0.2) is 5.11 Å². The van der Waals surface area contributed by atoms with Crippen LogP contribution >= 0.6 is 12.2 Å². The van der Waals surface area contributed by atoms with Crippen molar-refractivity contribution in [3.8, 4) is 5.75 Å². The second-order valence-electron chi connectivity index (χ2n) is 5.94. The predicted molar refractivity (Wildman–Crippen MR) is 104 cm³/mol. The van der Waals surface area contributed by atoms with Gasteiger partial charge in [-0.05, 0) is 75.0 Å². The summed E-state index contributed by atoms with van der Waals surface area (Å²) in [7, 11) is 2.01. The Hall–Kier alpha value is -2.60. The fourth-order valence-electron chi connectivity index (χ4n) is 2.81. The molecule has 1 aromatic carbocycles. The fourth-order valence-corrected chi connectivity index (χ4v) is 3.11. The average Bonchev–Trinajstić information content (AvgIpc) is 3.00. The minimum absolute atomic E-state index is 0.157. The largest absolute Gasteiger partial charge is 0.494 e. The molecule has 0 aliphatic carbocycles. The first-order chi connectivity index (χ1) is 11.9. The Morgan fingerprint density at radius 1 is 1.24 bits per heavy atom. The molecule has 0 atom stereocenters. The van der Waals surface area contributed by atoms with Crippen molar-refractivity contribution in [3.05, 3.63) is 53.0 Å². The Bertz CT molecular complexity index is 866. The van der Waals surface area contributed by atoms with Gasteiger partial charge in [-0.1, -0.05) is 0 Å². The lowest BCUT2D eigenvalue weighted by Crippen LogP contribution is -2.30. The summed E-state index contributed by atoms with van der Waals surface area (Å²) in [6.07, 6.45) is 1.85. The fraction of sp³-hybridized carbons (Fsp3) is 0.263. The molecule has 0 spiro atoms. The Kier molecular flexibility index (Phi) is 4.63. The number of thiocarbonyl (C=S) groups is 1. The van der Waals surface area contributed by atoms with E-state index in [1.165, 1.54) is 4.90 Å². The number of hydrogen-bond acceptors (Lipinski definition) is 3. The highest BCUT2D eigenvalue weighted by Crippen LogP contribution is 2.25. The molecule has 1 aromatic heterocycles. The van der Waals surface area contributed by atoms with Gasteiger partial charge in [0.2, 0.25) is 0 Å². The standard InChI is InChI=1S/C19H21N3O2S/c1-5-24-16-8-6-15(7-9-16)22-18(23)17(20-19(22)25)11-14-10-12(2)21(4)13(14)3/h6-11H,5H2,1-4H3,(H,20,25)/b17-11-. The van der Waals surface area contributed by atoms with Crippen LogP contribution in [0, 0.1) is 13.8 Å². The van der Waals surface area contributed by atoms with Crippen LogP contribution in [0.3, 0.4) is 0 Å². The van der Waals surface area contributed by atoms with Gasteiger partial charge in [-0.15, -0.1) is 0 Å². The predicted octanol–water partition coefficient (Wildman–Crippen LogP) is 3.30. The zero-order valence-electron chi connectivity index (χ0n) is 14.8. The van der Waals surface area contributed by atoms with Gasteiger partial charge in [-0.2, -0.15) is 0 Å². The van der Waals surface area contributed by atoms with E-state index in [-0.39, 0.29) is 5.91 Å². The van der Waals surface area contributed by atoms with Crippen molar-refractivity contribution in [2.45, 2.75) is 20.8 Å². The summed E-state index contributed by atoms with van der Waals surface area (Å²) in [4.78, 5) is 14.3. The molecule has 25 heavy (non-hydrogen) atoms. The first-order valence-corrected chi connectivity index (χ1v) is 8.56. The molecule has 0 unspecified atom stereocenters. The third-order valence-corrected chi connectivity index (χ3v) is 4.68. The third-order valence-electron chi connectivity index (χ3n) is 4.40. The lowest BCUT2D eigenvalue weighted by atomic mass is 10.2. The lowest BCUT2D eigenvalue weighted by Gasteiger charge is -2.14. The Labute approximate surface area is 152 Å². The number of aromatic nitrogens is 1. The average molecular weight is 355 g/mol. The SMILES string of the molecule is CCOc1ccc(N2C(=O)/C(=C/c3cc(C)n(C)c3C)NC2=S)cc1. The summed E-state index contributed by atoms with van der Waals surface area (Å²) in [6, 6.07) is 9.39. The highest BCUT2D eigenvalue weighted by molar-refractivity contribution is 7.80. The van der Waals surface area contributed by atoms with Gasteiger partial charge in [0.1, 0.15) is 11.4 Å². The normalized spacial score (nSPS) is 15.8. The summed E-state index contributed by atoms with van der Waals surface area (Å²) >= 11 is 5.36. The van der Waals surface area contributed by atoms with Gasteiger partial charge in [0.25, 0.3) is 5.91 Å². The number of nitrogens with one attached hydrogen (secondary N) is 1. The lowest BCUT2D eigenvalue weighted by molar-refractivity contribution is -0.113. The van der Waals surface area contributed by atoms with Crippen LogP contribution in [0.1, 0.15) is 23.9 Å². The third kappa shape index (κ3) is 3.17. The number of carbonyl (C=O) groups is 1. The Morgan fingerprint density at radius 3 is 2.48 bits per heavy atom. The van der Waals surface area contributed by atoms with Gasteiger partial charge >= 0.3 is 0 Å². The first-order valence-electron chi connectivity index (χ1n) is 8.15. The molecule has 130 valence electrons. The number of hydrogen-bond donors (Lipinski definition) is 1. The number of nitrogens with zero attached hydrogens (tertiary/aromatic N) is 2. The van der Waals surface area contributed by atoms with Crippen LogP contribution in [0.25, 0.3) is 6.08 Å². The highest BCUT2D eigenvalue weighted by atomic mass is 32.1. The monoisotopic (exact) mass is 355 g/mol. The second kappa shape index (κ2) is 6.72. The van der Waals surface area contributed by atoms with Gasteiger partial charge in [0, 0.05) is 18.4 Å². The van der Waals surface area contributed by atoms with Crippen molar-refractivity contribution in [2.24, 2.45) is 7.05 Å². The van der Waals surface area contributed by atoms with E-state index in [0.717, 1.165) is 28.4 Å². The molecule has 0 saturated carbocycles. The molecule has 1 N–H and O–H groups in total. The number of rotatable bonds is 4. The van der Waals surface area contributed by atoms with Gasteiger partial charge in [0.05, 0.1) is 12.3 Å². The van der Waals surface area contributed by atoms with Crippen molar-refractivity contribution < 1.29 is 9.53 Å². The van der Waals surface area contributed by atoms with E-state index in [4.69, 9.17) is 17.0 Å². The smallest absolute Gasteiger partial charge is 0.281 e.